The zero-order valence-electron chi connectivity index (χ0n) is 23.8. The van der Waals surface area contributed by atoms with Gasteiger partial charge in [0.05, 0.1) is 0 Å². The number of phenolic OH excluding ortho intramolecular Hbond substituents is 1. The van der Waals surface area contributed by atoms with Crippen LogP contribution in [0.5, 0.6) is 23.0 Å². The number of carbonyl (C=O) groups excluding carboxylic acids is 1. The number of amides is 1. The summed E-state index contributed by atoms with van der Waals surface area (Å²) in [4.78, 5) is 17.5. The Morgan fingerprint density at radius 2 is 1.71 bits per heavy atom. The summed E-state index contributed by atoms with van der Waals surface area (Å²) < 4.78 is 16.6. The number of thioether (sulfide) groups is 1. The number of nitrogens with zero attached hydrogens (tertiary/aromatic N) is 2. The molecule has 1 N–H and O–H groups in total. The Labute approximate surface area is 231 Å². The van der Waals surface area contributed by atoms with Gasteiger partial charge in [-0.3, -0.25) is 4.79 Å². The molecule has 0 saturated carbocycles. The third-order valence-electron chi connectivity index (χ3n) is 7.04. The van der Waals surface area contributed by atoms with Gasteiger partial charge in [0.1, 0.15) is 23.5 Å². The van der Waals surface area contributed by atoms with Crippen molar-refractivity contribution in [2.24, 2.45) is 0 Å². The Morgan fingerprint density at radius 1 is 1.05 bits per heavy atom. The molecule has 0 spiro atoms. The molecule has 0 aromatic heterocycles. The fourth-order valence-electron chi connectivity index (χ4n) is 4.77. The van der Waals surface area contributed by atoms with Crippen molar-refractivity contribution in [2.75, 3.05) is 45.8 Å². The molecule has 208 valence electrons. The summed E-state index contributed by atoms with van der Waals surface area (Å²) in [5.41, 5.74) is 2.55. The van der Waals surface area contributed by atoms with Gasteiger partial charge in [0.25, 0.3) is 0 Å². The number of benzene rings is 2. The minimum atomic E-state index is -0.205. The maximum atomic E-state index is 13.3. The minimum absolute atomic E-state index is 0.0371. The fourth-order valence-corrected chi connectivity index (χ4v) is 6.03. The molecular formula is C30H42N2O5S. The highest BCUT2D eigenvalue weighted by Crippen LogP contribution is 2.45. The van der Waals surface area contributed by atoms with Crippen molar-refractivity contribution in [3.05, 3.63) is 47.0 Å². The van der Waals surface area contributed by atoms with Gasteiger partial charge in [-0.25, -0.2) is 0 Å². The highest BCUT2D eigenvalue weighted by Gasteiger charge is 2.34. The van der Waals surface area contributed by atoms with Gasteiger partial charge in [-0.05, 0) is 58.8 Å². The second kappa shape index (κ2) is 11.3. The molecule has 0 bridgehead atoms. The largest absolute Gasteiger partial charge is 0.507 e. The molecule has 1 amide bonds. The highest BCUT2D eigenvalue weighted by molar-refractivity contribution is 7.99. The number of likely N-dealkylation sites (N-methyl/N-ethyl adjacent to an activating group) is 1. The number of hydrogen-bond donors (Lipinski definition) is 1. The number of ether oxygens (including phenoxy) is 3. The van der Waals surface area contributed by atoms with Gasteiger partial charge in [-0.2, -0.15) is 0 Å². The fraction of sp³-hybridized carbons (Fsp3) is 0.567. The van der Waals surface area contributed by atoms with E-state index in [1.807, 2.05) is 30.1 Å². The van der Waals surface area contributed by atoms with E-state index in [0.717, 1.165) is 40.5 Å². The smallest absolute Gasteiger partial charge is 0.231 e. The van der Waals surface area contributed by atoms with Crippen LogP contribution >= 0.6 is 11.8 Å². The van der Waals surface area contributed by atoms with E-state index in [1.54, 1.807) is 11.8 Å². The predicted molar refractivity (Wildman–Crippen MR) is 153 cm³/mol. The Hall–Kier alpha value is -2.58. The van der Waals surface area contributed by atoms with Crippen LogP contribution in [-0.4, -0.2) is 66.6 Å². The van der Waals surface area contributed by atoms with Crippen molar-refractivity contribution < 1.29 is 24.1 Å². The molecule has 1 unspecified atom stereocenters. The monoisotopic (exact) mass is 542 g/mol. The molecule has 0 aliphatic carbocycles. The first-order valence-electron chi connectivity index (χ1n) is 13.3. The molecular weight excluding hydrogens is 500 g/mol. The molecule has 2 aliphatic heterocycles. The van der Waals surface area contributed by atoms with Crippen molar-refractivity contribution in [1.29, 1.82) is 0 Å². The first-order valence-corrected chi connectivity index (χ1v) is 14.4. The SMILES string of the molecule is CN(CCOc1ccc2c(c1)OCO2)CCC(=O)N1CCSC1c1cc(C(C)(C)C)c(O)c(C(C)(C)C)c1. The van der Waals surface area contributed by atoms with E-state index in [-0.39, 0.29) is 28.9 Å². The highest BCUT2D eigenvalue weighted by atomic mass is 32.2. The van der Waals surface area contributed by atoms with Crippen molar-refractivity contribution in [3.8, 4) is 23.0 Å². The van der Waals surface area contributed by atoms with Crippen molar-refractivity contribution >= 4 is 17.7 Å². The number of carbonyl (C=O) groups is 1. The second-order valence-corrected chi connectivity index (χ2v) is 13.4. The Morgan fingerprint density at radius 3 is 2.37 bits per heavy atom. The number of aromatic hydroxyl groups is 1. The second-order valence-electron chi connectivity index (χ2n) is 12.2. The normalized spacial score (nSPS) is 17.4. The molecule has 1 atom stereocenters. The minimum Gasteiger partial charge on any atom is -0.507 e. The van der Waals surface area contributed by atoms with Gasteiger partial charge in [0.15, 0.2) is 11.5 Å². The lowest BCUT2D eigenvalue weighted by atomic mass is 9.78. The lowest BCUT2D eigenvalue weighted by molar-refractivity contribution is -0.131. The molecule has 7 nitrogen and oxygen atoms in total. The molecule has 1 saturated heterocycles. The molecule has 0 radical (unpaired) electrons. The molecule has 2 aromatic carbocycles. The van der Waals surface area contributed by atoms with Crippen LogP contribution in [0.1, 0.15) is 70.0 Å². The lowest BCUT2D eigenvalue weighted by Crippen LogP contribution is -2.34. The number of rotatable bonds is 8. The quantitative estimate of drug-likeness (QED) is 0.459. The first kappa shape index (κ1) is 28.4. The van der Waals surface area contributed by atoms with E-state index < -0.39 is 0 Å². The first-order chi connectivity index (χ1) is 17.8. The molecule has 2 aliphatic rings. The summed E-state index contributed by atoms with van der Waals surface area (Å²) in [6, 6.07) is 9.78. The average molecular weight is 543 g/mol. The van der Waals surface area contributed by atoms with Gasteiger partial charge in [-0.15, -0.1) is 11.8 Å². The maximum absolute atomic E-state index is 13.3. The Kier molecular flexibility index (Phi) is 8.43. The number of phenols is 1. The van der Waals surface area contributed by atoms with Crippen LogP contribution < -0.4 is 14.2 Å². The van der Waals surface area contributed by atoms with Gasteiger partial charge in [0, 0.05) is 37.9 Å². The van der Waals surface area contributed by atoms with E-state index >= 15 is 0 Å². The van der Waals surface area contributed by atoms with Crippen LogP contribution in [0.2, 0.25) is 0 Å². The molecule has 38 heavy (non-hydrogen) atoms. The number of hydrogen-bond acceptors (Lipinski definition) is 7. The van der Waals surface area contributed by atoms with Crippen LogP contribution in [0.4, 0.5) is 0 Å². The third kappa shape index (κ3) is 6.52. The predicted octanol–water partition coefficient (Wildman–Crippen LogP) is 5.69. The zero-order chi connectivity index (χ0) is 27.7. The topological polar surface area (TPSA) is 71.5 Å². The summed E-state index contributed by atoms with van der Waals surface area (Å²) in [5, 5.41) is 11.1. The lowest BCUT2D eigenvalue weighted by Gasteiger charge is -2.31. The van der Waals surface area contributed by atoms with Crippen molar-refractivity contribution in [1.82, 2.24) is 9.80 Å². The van der Waals surface area contributed by atoms with Crippen molar-refractivity contribution in [2.45, 2.75) is 64.2 Å². The van der Waals surface area contributed by atoms with Crippen LogP contribution in [0, 0.1) is 0 Å². The van der Waals surface area contributed by atoms with E-state index in [4.69, 9.17) is 14.2 Å². The standard InChI is InChI=1S/C30H42N2O5S/c1-29(2,3)22-16-20(17-23(27(22)34)30(4,5)6)28-32(13-15-38-28)26(33)10-11-31(7)12-14-35-21-8-9-24-25(18-21)37-19-36-24/h8-9,16-18,28,34H,10-15,19H2,1-7H3. The molecule has 2 heterocycles. The molecule has 8 heteroatoms. The van der Waals surface area contributed by atoms with Gasteiger partial charge in [-0.1, -0.05) is 41.5 Å². The Bertz CT molecular complexity index is 1120. The van der Waals surface area contributed by atoms with Gasteiger partial charge >= 0.3 is 0 Å². The summed E-state index contributed by atoms with van der Waals surface area (Å²) in [7, 11) is 2.01. The molecule has 4 rings (SSSR count). The third-order valence-corrected chi connectivity index (χ3v) is 8.30. The summed E-state index contributed by atoms with van der Waals surface area (Å²) >= 11 is 1.80. The van der Waals surface area contributed by atoms with E-state index in [2.05, 4.69) is 58.6 Å². The Balaban J connectivity index is 1.36. The van der Waals surface area contributed by atoms with Gasteiger partial charge < -0.3 is 29.1 Å². The van der Waals surface area contributed by atoms with Crippen LogP contribution in [0.25, 0.3) is 0 Å². The van der Waals surface area contributed by atoms with E-state index in [0.29, 0.717) is 37.6 Å². The molecule has 1 fully saturated rings. The summed E-state index contributed by atoms with van der Waals surface area (Å²) in [6.45, 7) is 15.6. The van der Waals surface area contributed by atoms with Crippen molar-refractivity contribution in [3.63, 3.8) is 0 Å². The van der Waals surface area contributed by atoms with E-state index in [9.17, 15) is 9.90 Å². The summed E-state index contributed by atoms with van der Waals surface area (Å²) in [6.07, 6.45) is 0.452. The van der Waals surface area contributed by atoms with Crippen LogP contribution in [0.3, 0.4) is 0 Å². The summed E-state index contributed by atoms with van der Waals surface area (Å²) in [5.74, 6) is 3.63. The average Bonchev–Trinajstić information content (AvgIpc) is 3.50. The van der Waals surface area contributed by atoms with Gasteiger partial charge in [0.2, 0.25) is 12.7 Å². The zero-order valence-corrected chi connectivity index (χ0v) is 24.6. The number of fused-ring (bicyclic) bond motifs is 1. The maximum Gasteiger partial charge on any atom is 0.231 e. The molecule has 2 aromatic rings. The van der Waals surface area contributed by atoms with Crippen LogP contribution in [0.15, 0.2) is 30.3 Å². The van der Waals surface area contributed by atoms with E-state index in [1.165, 1.54) is 0 Å². The van der Waals surface area contributed by atoms with Crippen LogP contribution in [-0.2, 0) is 15.6 Å².